The van der Waals surface area contributed by atoms with Crippen molar-refractivity contribution in [3.8, 4) is 22.8 Å². The van der Waals surface area contributed by atoms with E-state index in [1.54, 1.807) is 24.5 Å². The number of furan rings is 1. The molecule has 2 aromatic heterocycles. The third-order valence-electron chi connectivity index (χ3n) is 2.98. The summed E-state index contributed by atoms with van der Waals surface area (Å²) in [5.41, 5.74) is 0.656. The van der Waals surface area contributed by atoms with E-state index in [0.717, 1.165) is 5.33 Å². The van der Waals surface area contributed by atoms with E-state index < -0.39 is 8.32 Å². The fourth-order valence-electron chi connectivity index (χ4n) is 2.01. The maximum Gasteiger partial charge on any atom is 0.245 e. The summed E-state index contributed by atoms with van der Waals surface area (Å²) in [5, 5.41) is 14.0. The van der Waals surface area contributed by atoms with E-state index in [4.69, 9.17) is 8.84 Å². The number of nitrogens with one attached hydrogen (secondary N) is 1. The molecule has 2 aromatic rings. The Morgan fingerprint density at radius 2 is 2.04 bits per heavy atom. The molecule has 1 amide bonds. The van der Waals surface area contributed by atoms with Crippen LogP contribution in [0.4, 0.5) is 5.88 Å². The van der Waals surface area contributed by atoms with Crippen LogP contribution < -0.4 is 9.74 Å². The first kappa shape index (κ1) is 18.5. The van der Waals surface area contributed by atoms with E-state index in [2.05, 4.69) is 26.2 Å². The van der Waals surface area contributed by atoms with Crippen LogP contribution in [0.25, 0.3) is 11.3 Å². The first-order chi connectivity index (χ1) is 11.3. The van der Waals surface area contributed by atoms with Gasteiger partial charge in [0.15, 0.2) is 5.76 Å². The first-order valence-electron chi connectivity index (χ1n) is 7.63. The number of rotatable bonds is 7. The SMILES string of the molecule is C[Si](C)(C)Oc1c(NC(=O)CCCBr)oc(-c2ccncc2)c1O. The van der Waals surface area contributed by atoms with Gasteiger partial charge >= 0.3 is 0 Å². The van der Waals surface area contributed by atoms with Crippen molar-refractivity contribution >= 4 is 36.0 Å². The summed E-state index contributed by atoms with van der Waals surface area (Å²) in [6.45, 7) is 5.96. The van der Waals surface area contributed by atoms with Gasteiger partial charge in [-0.05, 0) is 38.2 Å². The van der Waals surface area contributed by atoms with Crippen LogP contribution in [0, 0.1) is 0 Å². The number of hydrogen-bond donors (Lipinski definition) is 2. The minimum absolute atomic E-state index is 0.112. The zero-order chi connectivity index (χ0) is 17.7. The van der Waals surface area contributed by atoms with Crippen molar-refractivity contribution in [3.63, 3.8) is 0 Å². The number of nitrogens with zero attached hydrogens (tertiary/aromatic N) is 1. The minimum atomic E-state index is -2.02. The first-order valence-corrected chi connectivity index (χ1v) is 12.2. The Morgan fingerprint density at radius 3 is 2.62 bits per heavy atom. The quantitative estimate of drug-likeness (QED) is 0.520. The monoisotopic (exact) mass is 412 g/mol. The maximum absolute atomic E-state index is 12.0. The van der Waals surface area contributed by atoms with Crippen LogP contribution in [0.2, 0.25) is 19.6 Å². The van der Waals surface area contributed by atoms with Crippen LogP contribution in [0.3, 0.4) is 0 Å². The van der Waals surface area contributed by atoms with E-state index in [0.29, 0.717) is 18.4 Å². The second-order valence-corrected chi connectivity index (χ2v) is 11.5. The number of carbonyl (C=O) groups is 1. The number of halogens is 1. The molecule has 2 N–H and O–H groups in total. The average Bonchev–Trinajstić information content (AvgIpc) is 2.81. The third-order valence-corrected chi connectivity index (χ3v) is 4.36. The van der Waals surface area contributed by atoms with Crippen molar-refractivity contribution in [2.75, 3.05) is 10.6 Å². The van der Waals surface area contributed by atoms with Crippen molar-refractivity contribution in [2.45, 2.75) is 32.5 Å². The number of anilines is 1. The zero-order valence-corrected chi connectivity index (χ0v) is 16.5. The van der Waals surface area contributed by atoms with E-state index in [-0.39, 0.29) is 29.1 Å². The third kappa shape index (κ3) is 4.84. The molecule has 0 aliphatic heterocycles. The Morgan fingerprint density at radius 1 is 1.38 bits per heavy atom. The van der Waals surface area contributed by atoms with Crippen LogP contribution in [-0.2, 0) is 4.79 Å². The molecule has 0 bridgehead atoms. The molecule has 0 aliphatic carbocycles. The van der Waals surface area contributed by atoms with Crippen LogP contribution >= 0.6 is 15.9 Å². The van der Waals surface area contributed by atoms with Crippen molar-refractivity contribution in [2.24, 2.45) is 0 Å². The van der Waals surface area contributed by atoms with Gasteiger partial charge in [0.2, 0.25) is 31.6 Å². The molecule has 8 heteroatoms. The molecule has 0 radical (unpaired) electrons. The van der Waals surface area contributed by atoms with Gasteiger partial charge in [0.1, 0.15) is 0 Å². The minimum Gasteiger partial charge on any atom is -0.538 e. The predicted octanol–water partition coefficient (Wildman–Crippen LogP) is 4.37. The number of pyridine rings is 1. The van der Waals surface area contributed by atoms with E-state index in [1.165, 1.54) is 0 Å². The topological polar surface area (TPSA) is 84.6 Å². The Bertz CT molecular complexity index is 698. The lowest BCUT2D eigenvalue weighted by atomic mass is 10.2. The number of aromatic hydroxyl groups is 1. The predicted molar refractivity (Wildman–Crippen MR) is 99.2 cm³/mol. The summed E-state index contributed by atoms with van der Waals surface area (Å²) in [6.07, 6.45) is 4.26. The smallest absolute Gasteiger partial charge is 0.245 e. The van der Waals surface area contributed by atoms with Crippen molar-refractivity contribution in [1.29, 1.82) is 0 Å². The highest BCUT2D eigenvalue weighted by molar-refractivity contribution is 9.09. The van der Waals surface area contributed by atoms with Gasteiger partial charge < -0.3 is 13.9 Å². The largest absolute Gasteiger partial charge is 0.538 e. The van der Waals surface area contributed by atoms with Gasteiger partial charge in [-0.3, -0.25) is 15.1 Å². The molecule has 0 atom stereocenters. The second-order valence-electron chi connectivity index (χ2n) is 6.23. The van der Waals surface area contributed by atoms with Gasteiger partial charge in [-0.2, -0.15) is 0 Å². The Labute approximate surface area is 150 Å². The highest BCUT2D eigenvalue weighted by Gasteiger charge is 2.28. The fourth-order valence-corrected chi connectivity index (χ4v) is 3.09. The second kappa shape index (κ2) is 7.85. The van der Waals surface area contributed by atoms with E-state index in [9.17, 15) is 9.90 Å². The Hall–Kier alpha value is -1.80. The molecule has 0 saturated carbocycles. The van der Waals surface area contributed by atoms with Crippen molar-refractivity contribution in [1.82, 2.24) is 4.98 Å². The Kier molecular flexibility index (Phi) is 6.06. The van der Waals surface area contributed by atoms with Gasteiger partial charge in [-0.15, -0.1) is 0 Å². The highest BCUT2D eigenvalue weighted by atomic mass is 79.9. The van der Waals surface area contributed by atoms with Crippen molar-refractivity contribution < 1.29 is 18.7 Å². The average molecular weight is 413 g/mol. The number of alkyl halides is 1. The number of aromatic nitrogens is 1. The molecule has 24 heavy (non-hydrogen) atoms. The molecule has 0 spiro atoms. The van der Waals surface area contributed by atoms with Gasteiger partial charge in [-0.1, -0.05) is 15.9 Å². The summed E-state index contributed by atoms with van der Waals surface area (Å²) in [7, 11) is -2.02. The van der Waals surface area contributed by atoms with E-state index >= 15 is 0 Å². The lowest BCUT2D eigenvalue weighted by molar-refractivity contribution is -0.116. The molecular weight excluding hydrogens is 392 g/mol. The van der Waals surface area contributed by atoms with Gasteiger partial charge in [0.05, 0.1) is 0 Å². The summed E-state index contributed by atoms with van der Waals surface area (Å²) >= 11 is 3.30. The lowest BCUT2D eigenvalue weighted by Crippen LogP contribution is -2.29. The normalized spacial score (nSPS) is 11.3. The zero-order valence-electron chi connectivity index (χ0n) is 13.9. The van der Waals surface area contributed by atoms with E-state index in [1.807, 2.05) is 19.6 Å². The molecule has 2 heterocycles. The number of amides is 1. The Balaban J connectivity index is 2.38. The van der Waals surface area contributed by atoms with Gasteiger partial charge in [0, 0.05) is 29.7 Å². The number of hydrogen-bond acceptors (Lipinski definition) is 5. The number of carbonyl (C=O) groups excluding carboxylic acids is 1. The molecule has 6 nitrogen and oxygen atoms in total. The molecule has 0 saturated heterocycles. The van der Waals surface area contributed by atoms with Crippen LogP contribution in [0.1, 0.15) is 12.8 Å². The van der Waals surface area contributed by atoms with Crippen LogP contribution in [0.5, 0.6) is 11.5 Å². The molecule has 130 valence electrons. The standard InChI is InChI=1S/C16H21BrN2O4Si/c1-24(2,3)23-15-13(21)14(11-6-9-18-10-7-11)22-16(15)19-12(20)5-4-8-17/h6-7,9-10,21H,4-5,8H2,1-3H3,(H,19,20). The van der Waals surface area contributed by atoms with Gasteiger partial charge in [-0.25, -0.2) is 0 Å². The van der Waals surface area contributed by atoms with Crippen LogP contribution in [-0.4, -0.2) is 29.6 Å². The molecule has 2 rings (SSSR count). The van der Waals surface area contributed by atoms with Crippen LogP contribution in [0.15, 0.2) is 28.9 Å². The molecule has 0 unspecified atom stereocenters. The molecule has 0 aromatic carbocycles. The fraction of sp³-hybridized carbons (Fsp3) is 0.375. The molecule has 0 fully saturated rings. The lowest BCUT2D eigenvalue weighted by Gasteiger charge is -2.18. The van der Waals surface area contributed by atoms with Gasteiger partial charge in [0.25, 0.3) is 0 Å². The summed E-state index contributed by atoms with van der Waals surface area (Å²) in [4.78, 5) is 16.0. The highest BCUT2D eigenvalue weighted by Crippen LogP contribution is 2.47. The molecule has 0 aliphatic rings. The summed E-state index contributed by atoms with van der Waals surface area (Å²) in [5.74, 6) is 0.278. The molecular formula is C16H21BrN2O4Si. The van der Waals surface area contributed by atoms with Crippen molar-refractivity contribution in [3.05, 3.63) is 24.5 Å². The maximum atomic E-state index is 12.0. The summed E-state index contributed by atoms with van der Waals surface area (Å²) < 4.78 is 11.6. The summed E-state index contributed by atoms with van der Waals surface area (Å²) in [6, 6.07) is 3.43.